The predicted molar refractivity (Wildman–Crippen MR) is 137 cm³/mol. The first-order valence-electron chi connectivity index (χ1n) is 13.1. The summed E-state index contributed by atoms with van der Waals surface area (Å²) in [6.45, 7) is 6.24. The number of fused-ring (bicyclic) bond motifs is 2. The summed E-state index contributed by atoms with van der Waals surface area (Å²) in [5.74, 6) is 2.25. The van der Waals surface area contributed by atoms with E-state index in [4.69, 9.17) is 25.2 Å². The van der Waals surface area contributed by atoms with Crippen molar-refractivity contribution >= 4 is 40.4 Å². The number of ether oxygens (including phenoxy) is 2. The van der Waals surface area contributed by atoms with E-state index in [1.165, 1.54) is 0 Å². The molecule has 0 saturated carbocycles. The number of anilines is 4. The molecule has 0 bridgehead atoms. The van der Waals surface area contributed by atoms with E-state index in [-0.39, 0.29) is 23.7 Å². The van der Waals surface area contributed by atoms with Crippen molar-refractivity contribution in [2.24, 2.45) is 11.1 Å². The molecule has 194 valence electrons. The van der Waals surface area contributed by atoms with Crippen molar-refractivity contribution in [3.63, 3.8) is 0 Å². The quantitative estimate of drug-likeness (QED) is 0.544. The fourth-order valence-electron chi connectivity index (χ4n) is 6.31. The summed E-state index contributed by atoms with van der Waals surface area (Å²) in [4.78, 5) is 32.5. The number of carbonyl (C=O) groups is 1. The highest BCUT2D eigenvalue weighted by atomic mass is 16.6. The number of rotatable bonds is 3. The van der Waals surface area contributed by atoms with Gasteiger partial charge in [0.1, 0.15) is 18.2 Å². The number of H-pyrrole nitrogens is 1. The molecule has 3 fully saturated rings. The lowest BCUT2D eigenvalue weighted by atomic mass is 9.73. The first kappa shape index (κ1) is 22.7. The zero-order valence-electron chi connectivity index (χ0n) is 20.9. The van der Waals surface area contributed by atoms with Gasteiger partial charge in [-0.05, 0) is 38.7 Å². The van der Waals surface area contributed by atoms with Crippen molar-refractivity contribution in [2.75, 3.05) is 54.1 Å². The normalized spacial score (nSPS) is 25.2. The minimum atomic E-state index is -0.345. The zero-order chi connectivity index (χ0) is 25.1. The molecule has 3 aromatic heterocycles. The van der Waals surface area contributed by atoms with Gasteiger partial charge in [0.2, 0.25) is 0 Å². The number of carbonyl (C=O) groups excluding carboxylic acids is 1. The maximum Gasteiger partial charge on any atom is 0.415 e. The number of aromatic amines is 1. The number of nitrogens with one attached hydrogen (secondary N) is 1. The van der Waals surface area contributed by atoms with E-state index in [0.29, 0.717) is 24.6 Å². The van der Waals surface area contributed by atoms with Crippen LogP contribution in [0.25, 0.3) is 11.2 Å². The van der Waals surface area contributed by atoms with Crippen LogP contribution in [0.15, 0.2) is 18.5 Å². The van der Waals surface area contributed by atoms with Crippen LogP contribution in [0.4, 0.5) is 27.9 Å². The molecule has 0 radical (unpaired) electrons. The Morgan fingerprint density at radius 1 is 1.14 bits per heavy atom. The highest BCUT2D eigenvalue weighted by Crippen LogP contribution is 2.42. The summed E-state index contributed by atoms with van der Waals surface area (Å²) in [5.41, 5.74) is 9.95. The molecule has 0 aliphatic carbocycles. The number of piperidine rings is 1. The standard InChI is InChI=1S/C25H31N9O3/c1-15-20(26)25(14-37-15)5-9-32(10-6-25)18-13-28-19-21(29-18)30-31-23(19)33-8-2-3-16-17(33)4-7-27-22(16)34-11-12-36-24(34)35/h4,7,13,15,20H,2-3,5-6,8-12,14,26H2,1H3,(H,29,30,31)/t15-,20+/m0/s1. The molecule has 1 amide bonds. The first-order chi connectivity index (χ1) is 18.0. The van der Waals surface area contributed by atoms with Crippen LogP contribution in [0.5, 0.6) is 0 Å². The molecule has 0 aromatic carbocycles. The van der Waals surface area contributed by atoms with Crippen molar-refractivity contribution < 1.29 is 14.3 Å². The van der Waals surface area contributed by atoms with Gasteiger partial charge in [-0.15, -0.1) is 0 Å². The Morgan fingerprint density at radius 3 is 2.76 bits per heavy atom. The lowest BCUT2D eigenvalue weighted by Gasteiger charge is -2.41. The van der Waals surface area contributed by atoms with Crippen LogP contribution in [0, 0.1) is 5.41 Å². The average Bonchev–Trinajstić information content (AvgIpc) is 3.62. The lowest BCUT2D eigenvalue weighted by molar-refractivity contribution is 0.0974. The van der Waals surface area contributed by atoms with E-state index in [1.807, 2.05) is 12.3 Å². The van der Waals surface area contributed by atoms with Crippen molar-refractivity contribution in [2.45, 2.75) is 44.8 Å². The van der Waals surface area contributed by atoms with Crippen molar-refractivity contribution in [1.29, 1.82) is 0 Å². The number of hydrogen-bond acceptors (Lipinski definition) is 10. The fourth-order valence-corrected chi connectivity index (χ4v) is 6.31. The Balaban J connectivity index is 1.15. The molecular formula is C25H31N9O3. The molecule has 37 heavy (non-hydrogen) atoms. The van der Waals surface area contributed by atoms with Crippen LogP contribution in [0.1, 0.15) is 31.7 Å². The summed E-state index contributed by atoms with van der Waals surface area (Å²) in [7, 11) is 0. The number of hydrogen-bond donors (Lipinski definition) is 2. The van der Waals surface area contributed by atoms with Gasteiger partial charge in [0, 0.05) is 42.9 Å². The van der Waals surface area contributed by atoms with Gasteiger partial charge in [0.15, 0.2) is 17.0 Å². The van der Waals surface area contributed by atoms with Gasteiger partial charge in [0.05, 0.1) is 31.1 Å². The number of nitrogens with zero attached hydrogens (tertiary/aromatic N) is 7. The summed E-state index contributed by atoms with van der Waals surface area (Å²) in [6.07, 6.45) is 7.06. The van der Waals surface area contributed by atoms with Crippen LogP contribution in [0.2, 0.25) is 0 Å². The van der Waals surface area contributed by atoms with Gasteiger partial charge in [-0.3, -0.25) is 10.00 Å². The molecule has 12 nitrogen and oxygen atoms in total. The van der Waals surface area contributed by atoms with Crippen LogP contribution in [-0.2, 0) is 15.9 Å². The Morgan fingerprint density at radius 2 is 2.00 bits per heavy atom. The summed E-state index contributed by atoms with van der Waals surface area (Å²) in [5, 5.41) is 7.72. The number of pyridine rings is 1. The van der Waals surface area contributed by atoms with E-state index < -0.39 is 0 Å². The van der Waals surface area contributed by atoms with Gasteiger partial charge in [0.25, 0.3) is 0 Å². The highest BCUT2D eigenvalue weighted by Gasteiger charge is 2.47. The lowest BCUT2D eigenvalue weighted by Crippen LogP contribution is -2.50. The molecule has 1 spiro atoms. The zero-order valence-corrected chi connectivity index (χ0v) is 20.9. The minimum Gasteiger partial charge on any atom is -0.447 e. The van der Waals surface area contributed by atoms with E-state index in [0.717, 1.165) is 80.3 Å². The van der Waals surface area contributed by atoms with E-state index in [9.17, 15) is 4.79 Å². The fraction of sp³-hybridized carbons (Fsp3) is 0.560. The third kappa shape index (κ3) is 3.53. The van der Waals surface area contributed by atoms with Crippen molar-refractivity contribution in [3.05, 3.63) is 24.0 Å². The third-order valence-electron chi connectivity index (χ3n) is 8.55. The number of nitrogens with two attached hydrogens (primary N) is 1. The summed E-state index contributed by atoms with van der Waals surface area (Å²) < 4.78 is 11.0. The first-order valence-corrected chi connectivity index (χ1v) is 13.1. The molecule has 7 rings (SSSR count). The molecule has 3 N–H and O–H groups in total. The third-order valence-corrected chi connectivity index (χ3v) is 8.55. The van der Waals surface area contributed by atoms with Gasteiger partial charge in [-0.25, -0.2) is 19.7 Å². The second-order valence-corrected chi connectivity index (χ2v) is 10.5. The molecule has 7 heterocycles. The topological polar surface area (TPSA) is 139 Å². The molecule has 3 saturated heterocycles. The van der Waals surface area contributed by atoms with Gasteiger partial charge >= 0.3 is 6.09 Å². The molecule has 4 aliphatic rings. The molecule has 3 aromatic rings. The Labute approximate surface area is 214 Å². The molecule has 12 heteroatoms. The van der Waals surface area contributed by atoms with E-state index in [1.54, 1.807) is 11.1 Å². The van der Waals surface area contributed by atoms with Crippen LogP contribution >= 0.6 is 0 Å². The predicted octanol–water partition coefficient (Wildman–Crippen LogP) is 2.12. The summed E-state index contributed by atoms with van der Waals surface area (Å²) in [6, 6.07) is 2.06. The van der Waals surface area contributed by atoms with Gasteiger partial charge in [-0.1, -0.05) is 0 Å². The van der Waals surface area contributed by atoms with Crippen LogP contribution in [0.3, 0.4) is 0 Å². The molecule has 0 unspecified atom stereocenters. The van der Waals surface area contributed by atoms with E-state index >= 15 is 0 Å². The highest BCUT2D eigenvalue weighted by molar-refractivity contribution is 5.92. The number of aromatic nitrogens is 5. The number of amides is 1. The van der Waals surface area contributed by atoms with Crippen molar-refractivity contribution in [1.82, 2.24) is 25.1 Å². The Kier molecular flexibility index (Phi) is 5.22. The molecule has 4 aliphatic heterocycles. The van der Waals surface area contributed by atoms with Crippen molar-refractivity contribution in [3.8, 4) is 0 Å². The van der Waals surface area contributed by atoms with Crippen LogP contribution < -0.4 is 20.4 Å². The second kappa shape index (κ2) is 8.52. The SMILES string of the molecule is C[C@@H]1OCC2(CCN(c3cnc4c(N5CCCc6c5ccnc6N5CCOC5=O)n[nH]c4n3)CC2)[C@@H]1N. The maximum atomic E-state index is 12.2. The molecular weight excluding hydrogens is 474 g/mol. The van der Waals surface area contributed by atoms with Gasteiger partial charge in [-0.2, -0.15) is 5.10 Å². The Bertz CT molecular complexity index is 1350. The summed E-state index contributed by atoms with van der Waals surface area (Å²) >= 11 is 0. The minimum absolute atomic E-state index is 0.0653. The second-order valence-electron chi connectivity index (χ2n) is 10.5. The van der Waals surface area contributed by atoms with Gasteiger partial charge < -0.3 is 25.0 Å². The monoisotopic (exact) mass is 505 g/mol. The molecule has 2 atom stereocenters. The maximum absolute atomic E-state index is 12.2. The Hall–Kier alpha value is -3.51. The number of cyclic esters (lactones) is 1. The largest absolute Gasteiger partial charge is 0.447 e. The van der Waals surface area contributed by atoms with Crippen LogP contribution in [-0.4, -0.2) is 82.8 Å². The van der Waals surface area contributed by atoms with E-state index in [2.05, 4.69) is 31.9 Å². The average molecular weight is 506 g/mol. The smallest absolute Gasteiger partial charge is 0.415 e.